The van der Waals surface area contributed by atoms with Crippen molar-refractivity contribution in [3.05, 3.63) is 35.4 Å². The number of aliphatic hydroxyl groups excluding tert-OH is 1. The molecule has 1 aromatic rings. The van der Waals surface area contributed by atoms with E-state index in [-0.39, 0.29) is 12.5 Å². The first-order valence-corrected chi connectivity index (χ1v) is 7.69. The molecule has 1 aliphatic rings. The third-order valence-electron chi connectivity index (χ3n) is 4.12. The van der Waals surface area contributed by atoms with Crippen LogP contribution in [0, 0.1) is 17.8 Å². The maximum absolute atomic E-state index is 12.2. The standard InChI is InChI=1S/C18H23NO2/c1-2-15-8-9-18(21)19(11-10-15)14-17-6-3-5-16(13-17)7-4-12-20/h3,5-6,13,15,20H,2,8-12,14H2,1H3. The molecule has 2 rings (SSSR count). The predicted octanol–water partition coefficient (Wildman–Crippen LogP) is 2.57. The molecule has 1 unspecified atom stereocenters. The number of aliphatic hydroxyl groups is 1. The van der Waals surface area contributed by atoms with Crippen LogP contribution in [0.3, 0.4) is 0 Å². The molecule has 1 atom stereocenters. The SMILES string of the molecule is CCC1CCC(=O)N(Cc2cccc(C#CCO)c2)CC1. The van der Waals surface area contributed by atoms with E-state index in [4.69, 9.17) is 5.11 Å². The van der Waals surface area contributed by atoms with Crippen molar-refractivity contribution in [2.45, 2.75) is 39.2 Å². The highest BCUT2D eigenvalue weighted by molar-refractivity contribution is 5.76. The molecule has 0 radical (unpaired) electrons. The van der Waals surface area contributed by atoms with E-state index in [2.05, 4.69) is 18.8 Å². The van der Waals surface area contributed by atoms with Gasteiger partial charge in [0.2, 0.25) is 5.91 Å². The van der Waals surface area contributed by atoms with Gasteiger partial charge >= 0.3 is 0 Å². The summed E-state index contributed by atoms with van der Waals surface area (Å²) < 4.78 is 0. The first-order chi connectivity index (χ1) is 10.2. The monoisotopic (exact) mass is 285 g/mol. The van der Waals surface area contributed by atoms with Gasteiger partial charge in [-0.15, -0.1) is 0 Å². The Balaban J connectivity index is 2.04. The van der Waals surface area contributed by atoms with Crippen LogP contribution in [0.4, 0.5) is 0 Å². The average molecular weight is 285 g/mol. The van der Waals surface area contributed by atoms with Crippen LogP contribution in [-0.4, -0.2) is 29.1 Å². The molecule has 0 aliphatic carbocycles. The summed E-state index contributed by atoms with van der Waals surface area (Å²) in [5, 5.41) is 8.75. The number of likely N-dealkylation sites (tertiary alicyclic amines) is 1. The van der Waals surface area contributed by atoms with Crippen LogP contribution < -0.4 is 0 Å². The minimum Gasteiger partial charge on any atom is -0.384 e. The lowest BCUT2D eigenvalue weighted by atomic mass is 9.98. The summed E-state index contributed by atoms with van der Waals surface area (Å²) >= 11 is 0. The summed E-state index contributed by atoms with van der Waals surface area (Å²) in [4.78, 5) is 14.2. The second-order valence-electron chi connectivity index (χ2n) is 5.58. The van der Waals surface area contributed by atoms with E-state index < -0.39 is 0 Å². The van der Waals surface area contributed by atoms with Gasteiger partial charge in [-0.1, -0.05) is 37.3 Å². The topological polar surface area (TPSA) is 40.5 Å². The lowest BCUT2D eigenvalue weighted by molar-refractivity contribution is -0.131. The van der Waals surface area contributed by atoms with Crippen LogP contribution in [0.1, 0.15) is 43.7 Å². The molecule has 0 spiro atoms. The number of carbonyl (C=O) groups is 1. The molecule has 21 heavy (non-hydrogen) atoms. The van der Waals surface area contributed by atoms with Gasteiger partial charge in [0.15, 0.2) is 0 Å². The maximum Gasteiger partial charge on any atom is 0.222 e. The summed E-state index contributed by atoms with van der Waals surface area (Å²) in [5.41, 5.74) is 1.98. The third kappa shape index (κ3) is 4.61. The summed E-state index contributed by atoms with van der Waals surface area (Å²) in [6, 6.07) is 7.90. The summed E-state index contributed by atoms with van der Waals surface area (Å²) in [5.74, 6) is 6.50. The normalized spacial score (nSPS) is 18.9. The second-order valence-corrected chi connectivity index (χ2v) is 5.58. The fourth-order valence-corrected chi connectivity index (χ4v) is 2.78. The minimum atomic E-state index is -0.132. The second kappa shape index (κ2) is 7.85. The highest BCUT2D eigenvalue weighted by Crippen LogP contribution is 2.22. The quantitative estimate of drug-likeness (QED) is 0.867. The fraction of sp³-hybridized carbons (Fsp3) is 0.500. The number of hydrogen-bond acceptors (Lipinski definition) is 2. The number of benzene rings is 1. The van der Waals surface area contributed by atoms with Gasteiger partial charge in [-0.2, -0.15) is 0 Å². The fourth-order valence-electron chi connectivity index (χ4n) is 2.78. The Kier molecular flexibility index (Phi) is 5.83. The lowest BCUT2D eigenvalue weighted by Gasteiger charge is -2.21. The van der Waals surface area contributed by atoms with Gasteiger partial charge in [0.25, 0.3) is 0 Å². The van der Waals surface area contributed by atoms with Crippen molar-refractivity contribution in [3.8, 4) is 11.8 Å². The Morgan fingerprint density at radius 1 is 1.38 bits per heavy atom. The molecule has 3 nitrogen and oxygen atoms in total. The van der Waals surface area contributed by atoms with E-state index in [9.17, 15) is 4.79 Å². The number of nitrogens with zero attached hydrogens (tertiary/aromatic N) is 1. The highest BCUT2D eigenvalue weighted by Gasteiger charge is 2.21. The van der Waals surface area contributed by atoms with Crippen molar-refractivity contribution in [2.75, 3.05) is 13.2 Å². The molecule has 112 valence electrons. The van der Waals surface area contributed by atoms with E-state index in [1.807, 2.05) is 29.2 Å². The first-order valence-electron chi connectivity index (χ1n) is 7.69. The zero-order valence-corrected chi connectivity index (χ0v) is 12.6. The Morgan fingerprint density at radius 2 is 2.24 bits per heavy atom. The number of rotatable bonds is 3. The average Bonchev–Trinajstić information content (AvgIpc) is 2.68. The Hall–Kier alpha value is -1.79. The van der Waals surface area contributed by atoms with Crippen molar-refractivity contribution < 1.29 is 9.90 Å². The largest absolute Gasteiger partial charge is 0.384 e. The summed E-state index contributed by atoms with van der Waals surface area (Å²) in [6.45, 7) is 3.58. The van der Waals surface area contributed by atoms with Gasteiger partial charge in [-0.3, -0.25) is 4.79 Å². The van der Waals surface area contributed by atoms with Gasteiger partial charge in [0.05, 0.1) is 0 Å². The van der Waals surface area contributed by atoms with E-state index in [0.29, 0.717) is 18.9 Å². The molecule has 3 heteroatoms. The molecule has 1 heterocycles. The van der Waals surface area contributed by atoms with Gasteiger partial charge in [-0.25, -0.2) is 0 Å². The minimum absolute atomic E-state index is 0.132. The first kappa shape index (κ1) is 15.6. The molecular weight excluding hydrogens is 262 g/mol. The Morgan fingerprint density at radius 3 is 3.00 bits per heavy atom. The van der Waals surface area contributed by atoms with Crippen molar-refractivity contribution >= 4 is 5.91 Å². The molecule has 0 saturated carbocycles. The van der Waals surface area contributed by atoms with E-state index in [1.165, 1.54) is 0 Å². The molecule has 0 aromatic heterocycles. The molecule has 0 bridgehead atoms. The van der Waals surface area contributed by atoms with Gasteiger partial charge in [-0.05, 0) is 36.5 Å². The number of carbonyl (C=O) groups excluding carboxylic acids is 1. The van der Waals surface area contributed by atoms with Crippen LogP contribution >= 0.6 is 0 Å². The van der Waals surface area contributed by atoms with Crippen LogP contribution in [0.5, 0.6) is 0 Å². The van der Waals surface area contributed by atoms with E-state index in [0.717, 1.165) is 36.9 Å². The zero-order chi connectivity index (χ0) is 15.1. The van der Waals surface area contributed by atoms with E-state index >= 15 is 0 Å². The van der Waals surface area contributed by atoms with Crippen LogP contribution in [-0.2, 0) is 11.3 Å². The molecule has 1 aliphatic heterocycles. The number of amides is 1. The van der Waals surface area contributed by atoms with Gasteiger partial charge in [0, 0.05) is 25.1 Å². The molecule has 1 amide bonds. The maximum atomic E-state index is 12.2. The lowest BCUT2D eigenvalue weighted by Crippen LogP contribution is -2.29. The van der Waals surface area contributed by atoms with Crippen LogP contribution in [0.25, 0.3) is 0 Å². The van der Waals surface area contributed by atoms with Crippen molar-refractivity contribution in [1.82, 2.24) is 4.90 Å². The van der Waals surface area contributed by atoms with Crippen LogP contribution in [0.2, 0.25) is 0 Å². The number of hydrogen-bond donors (Lipinski definition) is 1. The summed E-state index contributed by atoms with van der Waals surface area (Å²) in [6.07, 6.45) is 3.95. The predicted molar refractivity (Wildman–Crippen MR) is 83.5 cm³/mol. The van der Waals surface area contributed by atoms with Gasteiger partial charge < -0.3 is 10.0 Å². The molecule has 1 saturated heterocycles. The van der Waals surface area contributed by atoms with Crippen molar-refractivity contribution in [2.24, 2.45) is 5.92 Å². The zero-order valence-electron chi connectivity index (χ0n) is 12.6. The molecule has 1 N–H and O–H groups in total. The smallest absolute Gasteiger partial charge is 0.222 e. The summed E-state index contributed by atoms with van der Waals surface area (Å²) in [7, 11) is 0. The molecule has 1 aromatic carbocycles. The van der Waals surface area contributed by atoms with Crippen molar-refractivity contribution in [3.63, 3.8) is 0 Å². The highest BCUT2D eigenvalue weighted by atomic mass is 16.2. The van der Waals surface area contributed by atoms with Gasteiger partial charge in [0.1, 0.15) is 6.61 Å². The Labute approximate surface area is 127 Å². The van der Waals surface area contributed by atoms with Crippen molar-refractivity contribution in [1.29, 1.82) is 0 Å². The molecule has 1 fully saturated rings. The molecular formula is C18H23NO2. The third-order valence-corrected chi connectivity index (χ3v) is 4.12. The van der Waals surface area contributed by atoms with E-state index in [1.54, 1.807) is 0 Å². The van der Waals surface area contributed by atoms with Crippen LogP contribution in [0.15, 0.2) is 24.3 Å². The Bertz CT molecular complexity index is 542.